The first-order valence-electron chi connectivity index (χ1n) is 11.1. The van der Waals surface area contributed by atoms with Crippen LogP contribution in [0.5, 0.6) is 5.75 Å². The third-order valence-electron chi connectivity index (χ3n) is 7.51. The van der Waals surface area contributed by atoms with Crippen LogP contribution in [0.3, 0.4) is 0 Å². The lowest BCUT2D eigenvalue weighted by Crippen LogP contribution is -2.56. The smallest absolute Gasteiger partial charge is 0.150 e. The number of aryl methyl sites for hydroxylation is 1. The van der Waals surface area contributed by atoms with Crippen LogP contribution in [-0.4, -0.2) is 54.2 Å². The number of ether oxygens (including phenoxy) is 1. The van der Waals surface area contributed by atoms with Crippen LogP contribution < -0.4 is 9.64 Å². The number of methoxy groups -OCH3 is 1. The number of anilines is 1. The predicted octanol–water partition coefficient (Wildman–Crippen LogP) is 4.03. The molecule has 5 rings (SSSR count). The van der Waals surface area contributed by atoms with Crippen LogP contribution in [0, 0.1) is 12.3 Å². The van der Waals surface area contributed by atoms with E-state index >= 15 is 0 Å². The number of aromatic nitrogens is 2. The zero-order valence-corrected chi connectivity index (χ0v) is 17.7. The molecule has 2 aromatic rings. The van der Waals surface area contributed by atoms with Crippen LogP contribution in [0.15, 0.2) is 36.7 Å². The predicted molar refractivity (Wildman–Crippen MR) is 116 cm³/mol. The zero-order chi connectivity index (χ0) is 19.8. The van der Waals surface area contributed by atoms with Crippen LogP contribution >= 0.6 is 0 Å². The van der Waals surface area contributed by atoms with E-state index in [-0.39, 0.29) is 0 Å². The van der Waals surface area contributed by atoms with Crippen molar-refractivity contribution >= 4 is 5.82 Å². The highest BCUT2D eigenvalue weighted by Gasteiger charge is 2.50. The molecule has 1 spiro atoms. The topological polar surface area (TPSA) is 41.5 Å². The lowest BCUT2D eigenvalue weighted by Gasteiger charge is -2.50. The lowest BCUT2D eigenvalue weighted by atomic mass is 9.77. The maximum Gasteiger partial charge on any atom is 0.150 e. The fourth-order valence-electron chi connectivity index (χ4n) is 5.98. The van der Waals surface area contributed by atoms with Gasteiger partial charge in [0.2, 0.25) is 0 Å². The number of para-hydroxylation sites is 1. The summed E-state index contributed by atoms with van der Waals surface area (Å²) >= 11 is 0. The summed E-state index contributed by atoms with van der Waals surface area (Å²) in [6.45, 7) is 6.81. The molecule has 3 fully saturated rings. The minimum atomic E-state index is 0.508. The summed E-state index contributed by atoms with van der Waals surface area (Å²) in [5.74, 6) is 2.77. The Balaban J connectivity index is 1.16. The van der Waals surface area contributed by atoms with Crippen LogP contribution in [0.1, 0.15) is 49.3 Å². The number of rotatable bonds is 4. The first-order valence-corrected chi connectivity index (χ1v) is 11.1. The number of benzene rings is 1. The highest BCUT2D eigenvalue weighted by molar-refractivity contribution is 5.46. The van der Waals surface area contributed by atoms with Gasteiger partial charge >= 0.3 is 0 Å². The van der Waals surface area contributed by atoms with E-state index in [0.717, 1.165) is 36.4 Å². The lowest BCUT2D eigenvalue weighted by molar-refractivity contribution is 0.131. The third kappa shape index (κ3) is 3.50. The van der Waals surface area contributed by atoms with Crippen molar-refractivity contribution in [1.82, 2.24) is 14.9 Å². The largest absolute Gasteiger partial charge is 0.496 e. The van der Waals surface area contributed by atoms with Gasteiger partial charge in [-0.1, -0.05) is 18.2 Å². The molecule has 1 aromatic carbocycles. The Hall–Kier alpha value is -2.14. The molecule has 29 heavy (non-hydrogen) atoms. The van der Waals surface area contributed by atoms with Gasteiger partial charge in [0, 0.05) is 36.9 Å². The Morgan fingerprint density at radius 1 is 1.03 bits per heavy atom. The van der Waals surface area contributed by atoms with E-state index in [4.69, 9.17) is 4.74 Å². The van der Waals surface area contributed by atoms with Crippen molar-refractivity contribution in [1.29, 1.82) is 0 Å². The minimum Gasteiger partial charge on any atom is -0.496 e. The molecule has 154 valence electrons. The van der Waals surface area contributed by atoms with Crippen LogP contribution in [0.4, 0.5) is 5.82 Å². The summed E-state index contributed by atoms with van der Waals surface area (Å²) in [4.78, 5) is 14.2. The molecule has 3 aliphatic rings. The Bertz CT molecular complexity index is 855. The molecule has 0 amide bonds. The molecule has 1 saturated carbocycles. The number of likely N-dealkylation sites (tertiary alicyclic amines) is 1. The van der Waals surface area contributed by atoms with Crippen LogP contribution in [0.2, 0.25) is 0 Å². The van der Waals surface area contributed by atoms with Gasteiger partial charge in [0.1, 0.15) is 11.6 Å². The standard InChI is InChI=1S/C24H32N4O/c1-18-23(26-12-11-25-18)28-16-24(17-28)10-7-20(15-24)27-13-8-19(9-14-27)21-5-3-4-6-22(21)29-2/h3-6,11-12,19-20H,7-10,13-17H2,1-2H3. The minimum absolute atomic E-state index is 0.508. The van der Waals surface area contributed by atoms with E-state index in [0.29, 0.717) is 11.3 Å². The first kappa shape index (κ1) is 18.9. The van der Waals surface area contributed by atoms with Crippen LogP contribution in [-0.2, 0) is 0 Å². The quantitative estimate of drug-likeness (QED) is 0.786. The number of hydrogen-bond acceptors (Lipinski definition) is 5. The van der Waals surface area contributed by atoms with Gasteiger partial charge in [0.05, 0.1) is 12.8 Å². The van der Waals surface area contributed by atoms with Gasteiger partial charge in [-0.15, -0.1) is 0 Å². The van der Waals surface area contributed by atoms with E-state index in [1.54, 1.807) is 13.3 Å². The molecule has 0 N–H and O–H groups in total. The van der Waals surface area contributed by atoms with E-state index < -0.39 is 0 Å². The average Bonchev–Trinajstić information content (AvgIpc) is 3.19. The third-order valence-corrected chi connectivity index (χ3v) is 7.51. The van der Waals surface area contributed by atoms with Crippen molar-refractivity contribution in [3.63, 3.8) is 0 Å². The van der Waals surface area contributed by atoms with Gasteiger partial charge in [0.15, 0.2) is 0 Å². The average molecular weight is 393 g/mol. The highest BCUT2D eigenvalue weighted by atomic mass is 16.5. The van der Waals surface area contributed by atoms with Gasteiger partial charge in [-0.05, 0) is 69.7 Å². The summed E-state index contributed by atoms with van der Waals surface area (Å²) in [6.07, 6.45) is 10.2. The van der Waals surface area contributed by atoms with E-state index in [9.17, 15) is 0 Å². The van der Waals surface area contributed by atoms with E-state index in [2.05, 4.69) is 51.0 Å². The second-order valence-electron chi connectivity index (χ2n) is 9.27. The fraction of sp³-hybridized carbons (Fsp3) is 0.583. The Morgan fingerprint density at radius 2 is 1.79 bits per heavy atom. The summed E-state index contributed by atoms with van der Waals surface area (Å²) in [5, 5.41) is 0. The number of nitrogens with zero attached hydrogens (tertiary/aromatic N) is 4. The Labute approximate surface area is 174 Å². The molecule has 1 atom stereocenters. The normalized spacial score (nSPS) is 24.6. The molecule has 1 aliphatic carbocycles. The monoisotopic (exact) mass is 392 g/mol. The molecular formula is C24H32N4O. The molecule has 2 aliphatic heterocycles. The Morgan fingerprint density at radius 3 is 2.55 bits per heavy atom. The molecule has 5 nitrogen and oxygen atoms in total. The second kappa shape index (κ2) is 7.60. The molecule has 3 heterocycles. The summed E-state index contributed by atoms with van der Waals surface area (Å²) in [5.41, 5.74) is 2.95. The molecular weight excluding hydrogens is 360 g/mol. The second-order valence-corrected chi connectivity index (χ2v) is 9.27. The van der Waals surface area contributed by atoms with E-state index in [1.165, 1.54) is 50.8 Å². The highest BCUT2D eigenvalue weighted by Crippen LogP contribution is 2.49. The molecule has 1 aromatic heterocycles. The first-order chi connectivity index (χ1) is 14.2. The fourth-order valence-corrected chi connectivity index (χ4v) is 5.98. The summed E-state index contributed by atoms with van der Waals surface area (Å²) in [7, 11) is 1.79. The van der Waals surface area contributed by atoms with Crippen molar-refractivity contribution in [3.8, 4) is 5.75 Å². The zero-order valence-electron chi connectivity index (χ0n) is 17.7. The van der Waals surface area contributed by atoms with Crippen molar-refractivity contribution in [2.45, 2.75) is 51.0 Å². The maximum atomic E-state index is 5.60. The summed E-state index contributed by atoms with van der Waals surface area (Å²) in [6, 6.07) is 9.33. The van der Waals surface area contributed by atoms with Gasteiger partial charge < -0.3 is 14.5 Å². The van der Waals surface area contributed by atoms with Crippen LogP contribution in [0.25, 0.3) is 0 Å². The van der Waals surface area contributed by atoms with E-state index in [1.807, 2.05) is 6.20 Å². The summed E-state index contributed by atoms with van der Waals surface area (Å²) < 4.78 is 5.60. The SMILES string of the molecule is COc1ccccc1C1CCN(C2CCC3(C2)CN(c2nccnc2C)C3)CC1. The van der Waals surface area contributed by atoms with Gasteiger partial charge in [-0.2, -0.15) is 0 Å². The van der Waals surface area contributed by atoms with Gasteiger partial charge in [-0.25, -0.2) is 4.98 Å². The van der Waals surface area contributed by atoms with Crippen molar-refractivity contribution < 1.29 is 4.74 Å². The molecule has 0 radical (unpaired) electrons. The molecule has 5 heteroatoms. The molecule has 2 saturated heterocycles. The van der Waals surface area contributed by atoms with Gasteiger partial charge in [0.25, 0.3) is 0 Å². The Kier molecular flexibility index (Phi) is 4.94. The van der Waals surface area contributed by atoms with Gasteiger partial charge in [-0.3, -0.25) is 4.98 Å². The molecule has 1 unspecified atom stereocenters. The van der Waals surface area contributed by atoms with Crippen molar-refractivity contribution in [2.75, 3.05) is 38.2 Å². The molecule has 0 bridgehead atoms. The number of piperidine rings is 1. The number of hydrogen-bond donors (Lipinski definition) is 0. The maximum absolute atomic E-state index is 5.60. The van der Waals surface area contributed by atoms with Crippen molar-refractivity contribution in [2.24, 2.45) is 5.41 Å². The van der Waals surface area contributed by atoms with Crippen molar-refractivity contribution in [3.05, 3.63) is 47.9 Å².